The molecule has 0 radical (unpaired) electrons. The van der Waals surface area contributed by atoms with Gasteiger partial charge in [-0.1, -0.05) is 17.7 Å². The number of methoxy groups -OCH3 is 1. The van der Waals surface area contributed by atoms with Crippen molar-refractivity contribution in [2.24, 2.45) is 0 Å². The topological polar surface area (TPSA) is 61.5 Å². The number of hydrogen-bond acceptors (Lipinski definition) is 4. The molecule has 0 saturated carbocycles. The zero-order chi connectivity index (χ0) is 14.7. The summed E-state index contributed by atoms with van der Waals surface area (Å²) in [4.78, 5) is 11.4. The zero-order valence-electron chi connectivity index (χ0n) is 11.1. The van der Waals surface area contributed by atoms with Crippen molar-refractivity contribution in [3.05, 3.63) is 52.5 Å². The Bertz CT molecular complexity index is 656. The second-order valence-electron chi connectivity index (χ2n) is 4.26. The van der Waals surface area contributed by atoms with Crippen LogP contribution in [0.2, 0.25) is 5.02 Å². The Balaban J connectivity index is 2.30. The Morgan fingerprint density at radius 1 is 1.15 bits per heavy atom. The molecule has 0 aliphatic carbocycles. The van der Waals surface area contributed by atoms with Crippen molar-refractivity contribution in [2.75, 3.05) is 12.8 Å². The highest BCUT2D eigenvalue weighted by atomic mass is 35.5. The molecule has 0 fully saturated rings. The number of benzene rings is 2. The van der Waals surface area contributed by atoms with Gasteiger partial charge in [-0.15, -0.1) is 0 Å². The number of aryl methyl sites for hydroxylation is 1. The molecule has 4 nitrogen and oxygen atoms in total. The zero-order valence-corrected chi connectivity index (χ0v) is 11.9. The van der Waals surface area contributed by atoms with E-state index in [-0.39, 0.29) is 0 Å². The third-order valence-electron chi connectivity index (χ3n) is 2.80. The second kappa shape index (κ2) is 5.84. The van der Waals surface area contributed by atoms with E-state index in [0.29, 0.717) is 27.8 Å². The SMILES string of the molecule is COC(=O)c1ccc(Oc2cc(Cl)ccc2C)c(N)c1. The molecular weight excluding hydrogens is 278 g/mol. The van der Waals surface area contributed by atoms with E-state index in [4.69, 9.17) is 22.1 Å². The number of nitrogen functional groups attached to an aromatic ring is 1. The van der Waals surface area contributed by atoms with Gasteiger partial charge in [-0.05, 0) is 42.8 Å². The molecule has 0 amide bonds. The number of rotatable bonds is 3. The Kier molecular flexibility index (Phi) is 4.15. The molecule has 0 spiro atoms. The van der Waals surface area contributed by atoms with Crippen LogP contribution in [-0.2, 0) is 4.74 Å². The maximum Gasteiger partial charge on any atom is 0.337 e. The van der Waals surface area contributed by atoms with Crippen LogP contribution < -0.4 is 10.5 Å². The number of carbonyl (C=O) groups is 1. The third kappa shape index (κ3) is 3.03. The highest BCUT2D eigenvalue weighted by molar-refractivity contribution is 6.30. The normalized spacial score (nSPS) is 10.2. The maximum atomic E-state index is 11.4. The van der Waals surface area contributed by atoms with E-state index in [2.05, 4.69) is 4.74 Å². The molecule has 0 aromatic heterocycles. The molecule has 2 N–H and O–H groups in total. The van der Waals surface area contributed by atoms with Crippen molar-refractivity contribution in [3.8, 4) is 11.5 Å². The van der Waals surface area contributed by atoms with Gasteiger partial charge in [0.2, 0.25) is 0 Å². The molecule has 2 rings (SSSR count). The van der Waals surface area contributed by atoms with Crippen LogP contribution in [0.15, 0.2) is 36.4 Å². The first kappa shape index (κ1) is 14.2. The summed E-state index contributed by atoms with van der Waals surface area (Å²) in [5.74, 6) is 0.639. The first-order valence-electron chi connectivity index (χ1n) is 5.93. The predicted octanol–water partition coefficient (Wildman–Crippen LogP) is 3.81. The van der Waals surface area contributed by atoms with Gasteiger partial charge in [0.15, 0.2) is 0 Å². The van der Waals surface area contributed by atoms with Crippen LogP contribution in [0.25, 0.3) is 0 Å². The molecule has 20 heavy (non-hydrogen) atoms. The number of hydrogen-bond donors (Lipinski definition) is 1. The van der Waals surface area contributed by atoms with Crippen molar-refractivity contribution in [1.82, 2.24) is 0 Å². The standard InChI is InChI=1S/C15H14ClNO3/c1-9-3-5-11(16)8-14(9)20-13-6-4-10(7-12(13)17)15(18)19-2/h3-8H,17H2,1-2H3. The molecule has 0 atom stereocenters. The number of anilines is 1. The molecule has 0 heterocycles. The summed E-state index contributed by atoms with van der Waals surface area (Å²) in [6.45, 7) is 1.91. The maximum absolute atomic E-state index is 11.4. The van der Waals surface area contributed by atoms with Gasteiger partial charge in [-0.2, -0.15) is 0 Å². The van der Waals surface area contributed by atoms with Gasteiger partial charge in [0.1, 0.15) is 11.5 Å². The Morgan fingerprint density at radius 2 is 1.90 bits per heavy atom. The van der Waals surface area contributed by atoms with Crippen LogP contribution in [0.4, 0.5) is 5.69 Å². The lowest BCUT2D eigenvalue weighted by Gasteiger charge is -2.11. The second-order valence-corrected chi connectivity index (χ2v) is 4.69. The number of carbonyl (C=O) groups excluding carboxylic acids is 1. The van der Waals surface area contributed by atoms with Gasteiger partial charge in [0.25, 0.3) is 0 Å². The number of nitrogens with two attached hydrogens (primary N) is 1. The van der Waals surface area contributed by atoms with E-state index in [1.54, 1.807) is 24.3 Å². The average Bonchev–Trinajstić information content (AvgIpc) is 2.44. The summed E-state index contributed by atoms with van der Waals surface area (Å²) < 4.78 is 10.4. The van der Waals surface area contributed by atoms with Crippen LogP contribution in [0.3, 0.4) is 0 Å². The molecule has 104 valence electrons. The minimum absolute atomic E-state index is 0.354. The van der Waals surface area contributed by atoms with Gasteiger partial charge in [-0.25, -0.2) is 4.79 Å². The summed E-state index contributed by atoms with van der Waals surface area (Å²) in [5.41, 5.74) is 7.55. The van der Waals surface area contributed by atoms with Gasteiger partial charge in [0, 0.05) is 5.02 Å². The van der Waals surface area contributed by atoms with E-state index < -0.39 is 5.97 Å². The molecular formula is C15H14ClNO3. The fourth-order valence-corrected chi connectivity index (χ4v) is 1.85. The summed E-state index contributed by atoms with van der Waals surface area (Å²) in [6, 6.07) is 10.1. The lowest BCUT2D eigenvalue weighted by molar-refractivity contribution is 0.0601. The van der Waals surface area contributed by atoms with Crippen LogP contribution in [0.5, 0.6) is 11.5 Å². The van der Waals surface area contributed by atoms with Gasteiger partial charge < -0.3 is 15.2 Å². The molecule has 0 saturated heterocycles. The number of ether oxygens (including phenoxy) is 2. The van der Waals surface area contributed by atoms with Gasteiger partial charge in [0.05, 0.1) is 18.4 Å². The first-order chi connectivity index (χ1) is 9.51. The Labute approximate surface area is 122 Å². The van der Waals surface area contributed by atoms with E-state index in [1.165, 1.54) is 13.2 Å². The van der Waals surface area contributed by atoms with Crippen molar-refractivity contribution in [3.63, 3.8) is 0 Å². The van der Waals surface area contributed by atoms with Gasteiger partial charge in [-0.3, -0.25) is 0 Å². The fraction of sp³-hybridized carbons (Fsp3) is 0.133. The third-order valence-corrected chi connectivity index (χ3v) is 3.04. The monoisotopic (exact) mass is 291 g/mol. The fourth-order valence-electron chi connectivity index (χ4n) is 1.69. The highest BCUT2D eigenvalue weighted by Crippen LogP contribution is 2.32. The Morgan fingerprint density at radius 3 is 2.55 bits per heavy atom. The van der Waals surface area contributed by atoms with Crippen LogP contribution >= 0.6 is 11.6 Å². The summed E-state index contributed by atoms with van der Waals surface area (Å²) in [6.07, 6.45) is 0. The minimum Gasteiger partial charge on any atom is -0.465 e. The summed E-state index contributed by atoms with van der Waals surface area (Å²) >= 11 is 5.94. The van der Waals surface area contributed by atoms with E-state index in [9.17, 15) is 4.79 Å². The van der Waals surface area contributed by atoms with Crippen molar-refractivity contribution in [2.45, 2.75) is 6.92 Å². The van der Waals surface area contributed by atoms with E-state index >= 15 is 0 Å². The van der Waals surface area contributed by atoms with Crippen molar-refractivity contribution in [1.29, 1.82) is 0 Å². The molecule has 2 aromatic carbocycles. The summed E-state index contributed by atoms with van der Waals surface area (Å²) in [5, 5.41) is 0.579. The molecule has 0 unspecified atom stereocenters. The first-order valence-corrected chi connectivity index (χ1v) is 6.31. The van der Waals surface area contributed by atoms with Crippen molar-refractivity contribution < 1.29 is 14.3 Å². The lowest BCUT2D eigenvalue weighted by Crippen LogP contribution is -2.03. The van der Waals surface area contributed by atoms with Crippen LogP contribution in [0, 0.1) is 6.92 Å². The smallest absolute Gasteiger partial charge is 0.337 e. The molecule has 0 aliphatic heterocycles. The van der Waals surface area contributed by atoms with Crippen LogP contribution in [0.1, 0.15) is 15.9 Å². The quantitative estimate of drug-likeness (QED) is 0.690. The molecule has 2 aromatic rings. The molecule has 0 aliphatic rings. The van der Waals surface area contributed by atoms with E-state index in [0.717, 1.165) is 5.56 Å². The van der Waals surface area contributed by atoms with Crippen LogP contribution in [-0.4, -0.2) is 13.1 Å². The Hall–Kier alpha value is -2.20. The molecule has 0 bridgehead atoms. The lowest BCUT2D eigenvalue weighted by atomic mass is 10.2. The average molecular weight is 292 g/mol. The van der Waals surface area contributed by atoms with Gasteiger partial charge >= 0.3 is 5.97 Å². The number of halogens is 1. The minimum atomic E-state index is -0.442. The predicted molar refractivity (Wildman–Crippen MR) is 78.5 cm³/mol. The van der Waals surface area contributed by atoms with Crippen molar-refractivity contribution >= 4 is 23.3 Å². The summed E-state index contributed by atoms with van der Waals surface area (Å²) in [7, 11) is 1.32. The number of esters is 1. The highest BCUT2D eigenvalue weighted by Gasteiger charge is 2.10. The largest absolute Gasteiger partial charge is 0.465 e. The van der Waals surface area contributed by atoms with E-state index in [1.807, 2.05) is 13.0 Å². The molecule has 5 heteroatoms.